The highest BCUT2D eigenvalue weighted by Crippen LogP contribution is 2.61. The van der Waals surface area contributed by atoms with Crippen LogP contribution in [-0.4, -0.2) is 32.4 Å². The summed E-state index contributed by atoms with van der Waals surface area (Å²) in [5, 5.41) is 10.8. The summed E-state index contributed by atoms with van der Waals surface area (Å²) in [6.07, 6.45) is 7.55. The highest BCUT2D eigenvalue weighted by Gasteiger charge is 2.58. The van der Waals surface area contributed by atoms with Gasteiger partial charge in [0.15, 0.2) is 8.32 Å². The SMILES string of the molecule is C[C@H]1CC[C@](C)([C@H]2CC[C@]3(C)C(=O)CC[C@H]3[C@@H]2CO)[C@@H](CO[Si](C)(C)C(C)(C)C)C1. The molecule has 0 saturated heterocycles. The summed E-state index contributed by atoms with van der Waals surface area (Å²) < 4.78 is 6.78. The van der Waals surface area contributed by atoms with Crippen molar-refractivity contribution < 1.29 is 14.3 Å². The predicted molar refractivity (Wildman–Crippen MR) is 127 cm³/mol. The van der Waals surface area contributed by atoms with E-state index in [4.69, 9.17) is 4.43 Å². The van der Waals surface area contributed by atoms with Gasteiger partial charge in [-0.25, -0.2) is 0 Å². The molecule has 7 atom stereocenters. The molecule has 3 saturated carbocycles. The van der Waals surface area contributed by atoms with Gasteiger partial charge in [-0.3, -0.25) is 4.79 Å². The molecule has 0 aliphatic heterocycles. The normalized spacial score (nSPS) is 43.0. The third-order valence-corrected chi connectivity index (χ3v) is 15.0. The number of carbonyl (C=O) groups excluding carboxylic acids is 1. The van der Waals surface area contributed by atoms with Crippen molar-refractivity contribution in [3.8, 4) is 0 Å². The summed E-state index contributed by atoms with van der Waals surface area (Å²) in [4.78, 5) is 12.7. The van der Waals surface area contributed by atoms with Crippen LogP contribution in [0.2, 0.25) is 18.1 Å². The zero-order valence-corrected chi connectivity index (χ0v) is 22.0. The fourth-order valence-corrected chi connectivity index (χ4v) is 8.09. The maximum absolute atomic E-state index is 12.7. The summed E-state index contributed by atoms with van der Waals surface area (Å²) in [6, 6.07) is 0. The van der Waals surface area contributed by atoms with Gasteiger partial charge in [-0.05, 0) is 85.2 Å². The lowest BCUT2D eigenvalue weighted by Crippen LogP contribution is -2.53. The van der Waals surface area contributed by atoms with Gasteiger partial charge in [0.2, 0.25) is 0 Å². The fraction of sp³-hybridized carbons (Fsp3) is 0.962. The van der Waals surface area contributed by atoms with E-state index in [0.717, 1.165) is 38.2 Å². The summed E-state index contributed by atoms with van der Waals surface area (Å²) in [7, 11) is -1.78. The van der Waals surface area contributed by atoms with Crippen LogP contribution in [0.15, 0.2) is 0 Å². The Morgan fingerprint density at radius 2 is 1.77 bits per heavy atom. The van der Waals surface area contributed by atoms with E-state index in [1.807, 2.05) is 0 Å². The van der Waals surface area contributed by atoms with Gasteiger partial charge in [0.25, 0.3) is 0 Å². The van der Waals surface area contributed by atoms with E-state index in [9.17, 15) is 9.90 Å². The number of rotatable bonds is 5. The summed E-state index contributed by atoms with van der Waals surface area (Å²) in [5.41, 5.74) is 0.0184. The first-order chi connectivity index (χ1) is 13.8. The molecule has 0 bridgehead atoms. The third-order valence-electron chi connectivity index (χ3n) is 10.5. The molecule has 0 radical (unpaired) electrons. The Kier molecular flexibility index (Phi) is 6.76. The van der Waals surface area contributed by atoms with Crippen molar-refractivity contribution in [3.05, 3.63) is 0 Å². The molecule has 0 aromatic rings. The Bertz CT molecular complexity index is 639. The average Bonchev–Trinajstić information content (AvgIpc) is 2.96. The van der Waals surface area contributed by atoms with Gasteiger partial charge in [-0.15, -0.1) is 0 Å². The van der Waals surface area contributed by atoms with Gasteiger partial charge in [-0.2, -0.15) is 0 Å². The quantitative estimate of drug-likeness (QED) is 0.503. The van der Waals surface area contributed by atoms with E-state index in [1.165, 1.54) is 19.3 Å². The molecule has 3 rings (SSSR count). The van der Waals surface area contributed by atoms with Gasteiger partial charge in [-0.1, -0.05) is 48.0 Å². The number of hydrogen-bond acceptors (Lipinski definition) is 3. The van der Waals surface area contributed by atoms with E-state index in [2.05, 4.69) is 54.6 Å². The molecule has 1 N–H and O–H groups in total. The maximum atomic E-state index is 12.7. The largest absolute Gasteiger partial charge is 0.417 e. The standard InChI is InChI=1S/C26H48O3Si/c1-18-11-13-25(5,19(15-18)17-29-30(7,8)24(2,3)4)22-12-14-26(6)21(20(22)16-27)9-10-23(26)28/h18-22,27H,9-17H2,1-8H3/t18-,19+,20-,21-,22-,25-,26-/m0/s1. The maximum Gasteiger partial charge on any atom is 0.191 e. The topological polar surface area (TPSA) is 46.5 Å². The van der Waals surface area contributed by atoms with Crippen LogP contribution in [0.25, 0.3) is 0 Å². The summed E-state index contributed by atoms with van der Waals surface area (Å²) >= 11 is 0. The van der Waals surface area contributed by atoms with E-state index in [-0.39, 0.29) is 28.4 Å². The summed E-state index contributed by atoms with van der Waals surface area (Å²) in [5.74, 6) is 2.89. The van der Waals surface area contributed by atoms with Crippen molar-refractivity contribution in [1.29, 1.82) is 0 Å². The zero-order valence-electron chi connectivity index (χ0n) is 21.0. The Morgan fingerprint density at radius 3 is 2.37 bits per heavy atom. The van der Waals surface area contributed by atoms with Crippen LogP contribution < -0.4 is 0 Å². The van der Waals surface area contributed by atoms with Gasteiger partial charge in [0, 0.05) is 25.0 Å². The lowest BCUT2D eigenvalue weighted by Gasteiger charge is -2.56. The first-order valence-electron chi connectivity index (χ1n) is 12.5. The average molecular weight is 437 g/mol. The number of fused-ring (bicyclic) bond motifs is 1. The smallest absolute Gasteiger partial charge is 0.191 e. The van der Waals surface area contributed by atoms with Gasteiger partial charge in [0.1, 0.15) is 5.78 Å². The minimum atomic E-state index is -1.78. The Morgan fingerprint density at radius 1 is 1.10 bits per heavy atom. The Balaban J connectivity index is 1.84. The molecule has 0 unspecified atom stereocenters. The minimum absolute atomic E-state index is 0.185. The van der Waals surface area contributed by atoms with Crippen molar-refractivity contribution in [2.45, 2.75) is 105 Å². The van der Waals surface area contributed by atoms with E-state index >= 15 is 0 Å². The van der Waals surface area contributed by atoms with Crippen molar-refractivity contribution in [2.75, 3.05) is 13.2 Å². The van der Waals surface area contributed by atoms with Crippen LogP contribution in [0.3, 0.4) is 0 Å². The van der Waals surface area contributed by atoms with Gasteiger partial charge in [0.05, 0.1) is 0 Å². The molecule has 0 aromatic carbocycles. The second kappa shape index (κ2) is 8.30. The molecule has 4 heteroatoms. The molecule has 30 heavy (non-hydrogen) atoms. The molecule has 0 heterocycles. The zero-order chi connectivity index (χ0) is 22.5. The van der Waals surface area contributed by atoms with Crippen molar-refractivity contribution in [2.24, 2.45) is 40.4 Å². The van der Waals surface area contributed by atoms with Crippen LogP contribution in [0.1, 0.15) is 86.5 Å². The molecular weight excluding hydrogens is 388 g/mol. The lowest BCUT2D eigenvalue weighted by molar-refractivity contribution is -0.136. The lowest BCUT2D eigenvalue weighted by atomic mass is 9.49. The summed E-state index contributed by atoms with van der Waals surface area (Å²) in [6.45, 7) is 19.9. The molecular formula is C26H48O3Si. The molecule has 3 nitrogen and oxygen atoms in total. The number of aliphatic hydroxyl groups is 1. The number of Topliss-reactive ketones (excluding diaryl/α,β-unsaturated/α-hetero) is 1. The molecule has 3 aliphatic rings. The van der Waals surface area contributed by atoms with Crippen LogP contribution in [-0.2, 0) is 9.22 Å². The van der Waals surface area contributed by atoms with Crippen molar-refractivity contribution in [1.82, 2.24) is 0 Å². The molecule has 0 spiro atoms. The number of hydrogen-bond donors (Lipinski definition) is 1. The van der Waals surface area contributed by atoms with Crippen molar-refractivity contribution >= 4 is 14.1 Å². The Labute approximate surface area is 186 Å². The minimum Gasteiger partial charge on any atom is -0.417 e. The van der Waals surface area contributed by atoms with E-state index in [1.54, 1.807) is 0 Å². The first-order valence-corrected chi connectivity index (χ1v) is 15.4. The van der Waals surface area contributed by atoms with E-state index in [0.29, 0.717) is 23.5 Å². The highest BCUT2D eigenvalue weighted by molar-refractivity contribution is 6.74. The second-order valence-corrected chi connectivity index (χ2v) is 17.9. The number of ketones is 1. The predicted octanol–water partition coefficient (Wildman–Crippen LogP) is 6.45. The molecule has 0 aromatic heterocycles. The molecule has 174 valence electrons. The number of carbonyl (C=O) groups is 1. The van der Waals surface area contributed by atoms with Crippen LogP contribution in [0, 0.1) is 40.4 Å². The van der Waals surface area contributed by atoms with E-state index < -0.39 is 8.32 Å². The number of aliphatic hydroxyl groups excluding tert-OH is 1. The van der Waals surface area contributed by atoms with Crippen LogP contribution in [0.4, 0.5) is 0 Å². The Hall–Kier alpha value is -0.193. The van der Waals surface area contributed by atoms with Crippen LogP contribution in [0.5, 0.6) is 0 Å². The highest BCUT2D eigenvalue weighted by atomic mass is 28.4. The van der Waals surface area contributed by atoms with Crippen molar-refractivity contribution in [3.63, 3.8) is 0 Å². The molecule has 3 fully saturated rings. The molecule has 0 amide bonds. The molecule has 3 aliphatic carbocycles. The first kappa shape index (κ1) is 24.4. The second-order valence-electron chi connectivity index (χ2n) is 13.1. The fourth-order valence-electron chi connectivity index (χ4n) is 7.04. The van der Waals surface area contributed by atoms with Crippen LogP contribution >= 0.6 is 0 Å². The third kappa shape index (κ3) is 4.10. The monoisotopic (exact) mass is 436 g/mol. The van der Waals surface area contributed by atoms with Gasteiger partial charge < -0.3 is 9.53 Å². The van der Waals surface area contributed by atoms with Gasteiger partial charge >= 0.3 is 0 Å².